The van der Waals surface area contributed by atoms with Gasteiger partial charge in [0.25, 0.3) is 5.91 Å². The number of benzene rings is 2. The van der Waals surface area contributed by atoms with Crippen LogP contribution in [0.2, 0.25) is 5.02 Å². The first-order valence-corrected chi connectivity index (χ1v) is 12.5. The number of ether oxygens (including phenoxy) is 4. The van der Waals surface area contributed by atoms with E-state index in [-0.39, 0.29) is 24.9 Å². The second-order valence-corrected chi connectivity index (χ2v) is 9.26. The number of morpholine rings is 1. The zero-order chi connectivity index (χ0) is 25.5. The molecule has 37 heavy (non-hydrogen) atoms. The first kappa shape index (κ1) is 29.1. The summed E-state index contributed by atoms with van der Waals surface area (Å²) < 4.78 is 22.3. The van der Waals surface area contributed by atoms with Crippen molar-refractivity contribution in [1.29, 1.82) is 0 Å². The molecule has 2 aromatic carbocycles. The summed E-state index contributed by atoms with van der Waals surface area (Å²) in [5.41, 5.74) is 2.92. The van der Waals surface area contributed by atoms with Crippen LogP contribution < -0.4 is 26.6 Å². The molecule has 10 heteroatoms. The minimum atomic E-state index is -0.709. The van der Waals surface area contributed by atoms with Crippen molar-refractivity contribution in [1.82, 2.24) is 9.80 Å². The molecule has 0 bridgehead atoms. The van der Waals surface area contributed by atoms with Gasteiger partial charge >= 0.3 is 0 Å². The average molecular weight is 552 g/mol. The average Bonchev–Trinajstić information content (AvgIpc) is 2.92. The van der Waals surface area contributed by atoms with Crippen LogP contribution in [0.1, 0.15) is 22.3 Å². The van der Waals surface area contributed by atoms with Gasteiger partial charge in [-0.3, -0.25) is 9.69 Å². The van der Waals surface area contributed by atoms with Gasteiger partial charge in [-0.2, -0.15) is 0 Å². The highest BCUT2D eigenvalue weighted by Gasteiger charge is 2.24. The van der Waals surface area contributed by atoms with Crippen molar-refractivity contribution in [2.45, 2.75) is 12.5 Å². The number of aliphatic hydroxyl groups is 1. The Hall–Kier alpha value is -2.49. The maximum Gasteiger partial charge on any atom is 0.254 e. The van der Waals surface area contributed by atoms with Crippen molar-refractivity contribution in [2.75, 3.05) is 66.8 Å². The van der Waals surface area contributed by atoms with Gasteiger partial charge in [-0.15, -0.1) is 0 Å². The van der Waals surface area contributed by atoms with Gasteiger partial charge < -0.3 is 41.4 Å². The summed E-state index contributed by atoms with van der Waals surface area (Å²) in [7, 11) is 3.03. The quantitative estimate of drug-likeness (QED) is 0.482. The molecule has 1 amide bonds. The minimum absolute atomic E-state index is 0. The third kappa shape index (κ3) is 7.52. The van der Waals surface area contributed by atoms with Crippen molar-refractivity contribution < 1.29 is 41.3 Å². The molecule has 1 fully saturated rings. The Morgan fingerprint density at radius 3 is 2.30 bits per heavy atom. The number of carbonyl (C=O) groups is 1. The molecule has 0 aliphatic carbocycles. The van der Waals surface area contributed by atoms with Crippen LogP contribution in [0.4, 0.5) is 0 Å². The molecule has 2 aliphatic rings. The predicted molar refractivity (Wildman–Crippen MR) is 138 cm³/mol. The van der Waals surface area contributed by atoms with E-state index in [0.29, 0.717) is 55.7 Å². The summed E-state index contributed by atoms with van der Waals surface area (Å²) in [4.78, 5) is 16.9. The third-order valence-electron chi connectivity index (χ3n) is 6.40. The lowest BCUT2D eigenvalue weighted by Crippen LogP contribution is -3.00. The standard InChI is InChI=1S/C27H33ClN2O6.ClH/c1-33-24-15-21(27(32)30-11-13-35-14-12-30)16-25(34-2)26(24)36-18-23(31)17-29-9-7-20(8-10-29)19-3-5-22(28)6-4-19;/h3-7,15-16,23,31H,8-14,17-18H2,1-2H3;1H/p-1. The molecule has 2 aliphatic heterocycles. The molecule has 0 radical (unpaired) electrons. The van der Waals surface area contributed by atoms with Crippen LogP contribution in [-0.2, 0) is 4.74 Å². The van der Waals surface area contributed by atoms with Crippen LogP contribution in [-0.4, -0.2) is 93.7 Å². The lowest BCUT2D eigenvalue weighted by atomic mass is 9.99. The largest absolute Gasteiger partial charge is 1.00 e. The fraction of sp³-hybridized carbons (Fsp3) is 0.444. The number of hydrogen-bond donors (Lipinski definition) is 1. The van der Waals surface area contributed by atoms with E-state index in [4.69, 9.17) is 30.5 Å². The van der Waals surface area contributed by atoms with E-state index in [2.05, 4.69) is 11.0 Å². The minimum Gasteiger partial charge on any atom is -1.00 e. The summed E-state index contributed by atoms with van der Waals surface area (Å²) in [6.45, 7) is 4.26. The van der Waals surface area contributed by atoms with Crippen LogP contribution in [0.5, 0.6) is 17.2 Å². The molecule has 1 unspecified atom stereocenters. The Morgan fingerprint density at radius 1 is 1.08 bits per heavy atom. The third-order valence-corrected chi connectivity index (χ3v) is 6.66. The van der Waals surface area contributed by atoms with Gasteiger partial charge in [-0.25, -0.2) is 0 Å². The maximum atomic E-state index is 12.9. The van der Waals surface area contributed by atoms with Crippen LogP contribution >= 0.6 is 11.6 Å². The SMILES string of the molecule is COc1cc(C(=O)N2CCOCC2)cc(OC)c1OCC(O)CN1CC=C(c2ccc(Cl)cc2)CC1.[Cl-]. The predicted octanol–water partition coefficient (Wildman–Crippen LogP) is 0.363. The molecule has 4 rings (SSSR count). The lowest BCUT2D eigenvalue weighted by Gasteiger charge is -2.29. The second-order valence-electron chi connectivity index (χ2n) is 8.83. The normalized spacial score (nSPS) is 16.9. The fourth-order valence-electron chi connectivity index (χ4n) is 4.43. The van der Waals surface area contributed by atoms with E-state index in [0.717, 1.165) is 24.5 Å². The number of amides is 1. The van der Waals surface area contributed by atoms with Crippen molar-refractivity contribution in [3.05, 3.63) is 58.6 Å². The molecule has 0 saturated carbocycles. The summed E-state index contributed by atoms with van der Waals surface area (Å²) in [5, 5.41) is 11.4. The van der Waals surface area contributed by atoms with Crippen molar-refractivity contribution in [2.24, 2.45) is 0 Å². The molecule has 0 spiro atoms. The number of carbonyl (C=O) groups excluding carboxylic acids is 1. The molecule has 8 nitrogen and oxygen atoms in total. The van der Waals surface area contributed by atoms with Crippen molar-refractivity contribution in [3.63, 3.8) is 0 Å². The molecule has 2 aromatic rings. The Balaban J connectivity index is 0.00000380. The van der Waals surface area contributed by atoms with E-state index >= 15 is 0 Å². The topological polar surface area (TPSA) is 80.7 Å². The van der Waals surface area contributed by atoms with E-state index in [1.165, 1.54) is 25.4 Å². The molecule has 0 aromatic heterocycles. The molecule has 1 N–H and O–H groups in total. The first-order chi connectivity index (χ1) is 17.5. The van der Waals surface area contributed by atoms with Crippen LogP contribution in [0.3, 0.4) is 0 Å². The maximum absolute atomic E-state index is 12.9. The molecule has 1 atom stereocenters. The Labute approximate surface area is 229 Å². The Morgan fingerprint density at radius 2 is 1.73 bits per heavy atom. The number of rotatable bonds is 9. The van der Waals surface area contributed by atoms with E-state index in [9.17, 15) is 9.90 Å². The van der Waals surface area contributed by atoms with Crippen LogP contribution in [0, 0.1) is 0 Å². The number of aliphatic hydroxyl groups excluding tert-OH is 1. The monoisotopic (exact) mass is 551 g/mol. The number of β-amino-alcohol motifs (C(OH)–C–C–N with tert-alkyl or cyclic N) is 1. The number of halogens is 2. The van der Waals surface area contributed by atoms with Crippen molar-refractivity contribution in [3.8, 4) is 17.2 Å². The summed E-state index contributed by atoms with van der Waals surface area (Å²) >= 11 is 5.99. The van der Waals surface area contributed by atoms with Crippen LogP contribution in [0.25, 0.3) is 5.57 Å². The summed E-state index contributed by atoms with van der Waals surface area (Å²) in [6, 6.07) is 11.2. The van der Waals surface area contributed by atoms with Gasteiger partial charge in [0, 0.05) is 43.3 Å². The van der Waals surface area contributed by atoms with E-state index < -0.39 is 6.10 Å². The molecule has 1 saturated heterocycles. The summed E-state index contributed by atoms with van der Waals surface area (Å²) in [6.07, 6.45) is 2.38. The number of methoxy groups -OCH3 is 2. The Kier molecular flexibility index (Phi) is 10.9. The smallest absolute Gasteiger partial charge is 0.254 e. The van der Waals surface area contributed by atoms with Gasteiger partial charge in [-0.1, -0.05) is 29.8 Å². The highest BCUT2D eigenvalue weighted by atomic mass is 35.5. The highest BCUT2D eigenvalue weighted by molar-refractivity contribution is 6.30. The lowest BCUT2D eigenvalue weighted by molar-refractivity contribution is -0.0000203. The molecular formula is C27H33Cl2N2O6-. The number of hydrogen-bond acceptors (Lipinski definition) is 7. The van der Waals surface area contributed by atoms with E-state index in [1.54, 1.807) is 17.0 Å². The van der Waals surface area contributed by atoms with Gasteiger partial charge in [0.05, 0.1) is 27.4 Å². The van der Waals surface area contributed by atoms with Gasteiger partial charge in [0.1, 0.15) is 12.7 Å². The first-order valence-electron chi connectivity index (χ1n) is 12.1. The second kappa shape index (κ2) is 13.9. The Bertz CT molecular complexity index is 1050. The van der Waals surface area contributed by atoms with Crippen molar-refractivity contribution >= 4 is 23.1 Å². The summed E-state index contributed by atoms with van der Waals surface area (Å²) in [5.74, 6) is 1.01. The van der Waals surface area contributed by atoms with E-state index in [1.807, 2.05) is 24.3 Å². The zero-order valence-electron chi connectivity index (χ0n) is 21.1. The molecular weight excluding hydrogens is 519 g/mol. The molecule has 202 valence electrons. The van der Waals surface area contributed by atoms with Crippen LogP contribution in [0.15, 0.2) is 42.5 Å². The zero-order valence-corrected chi connectivity index (χ0v) is 22.6. The number of nitrogens with zero attached hydrogens (tertiary/aromatic N) is 2. The van der Waals surface area contributed by atoms with Gasteiger partial charge in [0.2, 0.25) is 5.75 Å². The van der Waals surface area contributed by atoms with Gasteiger partial charge in [0.15, 0.2) is 11.5 Å². The fourth-order valence-corrected chi connectivity index (χ4v) is 4.55. The highest BCUT2D eigenvalue weighted by Crippen LogP contribution is 2.39. The van der Waals surface area contributed by atoms with Gasteiger partial charge in [-0.05, 0) is 41.8 Å². The molecule has 2 heterocycles.